The lowest BCUT2D eigenvalue weighted by Crippen LogP contribution is -2.29. The Bertz CT molecular complexity index is 705. The van der Waals surface area contributed by atoms with Crippen molar-refractivity contribution < 1.29 is 4.39 Å². The van der Waals surface area contributed by atoms with E-state index in [9.17, 15) is 9.18 Å². The molecule has 3 nitrogen and oxygen atoms in total. The molecule has 0 unspecified atom stereocenters. The molecule has 0 saturated carbocycles. The molecule has 0 atom stereocenters. The molecule has 0 saturated heterocycles. The van der Waals surface area contributed by atoms with Crippen LogP contribution in [-0.4, -0.2) is 9.97 Å². The van der Waals surface area contributed by atoms with Crippen molar-refractivity contribution in [2.24, 2.45) is 0 Å². The first kappa shape index (κ1) is 16.1. The summed E-state index contributed by atoms with van der Waals surface area (Å²) in [6.07, 6.45) is 0. The summed E-state index contributed by atoms with van der Waals surface area (Å²) in [4.78, 5) is 19.6. The summed E-state index contributed by atoms with van der Waals surface area (Å²) in [6.45, 7) is 7.96. The maximum atomic E-state index is 13.1. The number of aromatic amines is 1. The van der Waals surface area contributed by atoms with Crippen molar-refractivity contribution in [2.75, 3.05) is 0 Å². The number of benzene rings is 1. The van der Waals surface area contributed by atoms with Crippen LogP contribution in [0.4, 0.5) is 4.39 Å². The SMILES string of the molecule is CC(C)c1nc(C(C)(C)c2ccc(F)cc2)[nH]c(=O)c1I. The molecule has 1 N–H and O–H groups in total. The molecule has 1 aromatic heterocycles. The number of nitrogens with one attached hydrogen (secondary N) is 1. The first-order chi connectivity index (χ1) is 9.73. The van der Waals surface area contributed by atoms with Gasteiger partial charge in [0.25, 0.3) is 5.56 Å². The predicted molar refractivity (Wildman–Crippen MR) is 90.2 cm³/mol. The minimum Gasteiger partial charge on any atom is -0.309 e. The molecule has 2 rings (SSSR count). The highest BCUT2D eigenvalue weighted by molar-refractivity contribution is 14.1. The Hall–Kier alpha value is -1.24. The lowest BCUT2D eigenvalue weighted by atomic mass is 9.83. The van der Waals surface area contributed by atoms with Gasteiger partial charge in [-0.1, -0.05) is 26.0 Å². The van der Waals surface area contributed by atoms with Gasteiger partial charge in [0.15, 0.2) is 0 Å². The number of H-pyrrole nitrogens is 1. The number of nitrogens with zero attached hydrogens (tertiary/aromatic N) is 1. The fourth-order valence-electron chi connectivity index (χ4n) is 2.16. The Labute approximate surface area is 137 Å². The molecule has 0 bridgehead atoms. The number of hydrogen-bond donors (Lipinski definition) is 1. The van der Waals surface area contributed by atoms with E-state index in [2.05, 4.69) is 9.97 Å². The molecule has 2 aromatic rings. The minimum atomic E-state index is -0.499. The Kier molecular flexibility index (Phi) is 4.51. The molecule has 1 heterocycles. The van der Waals surface area contributed by atoms with Crippen LogP contribution in [0.5, 0.6) is 0 Å². The van der Waals surface area contributed by atoms with Gasteiger partial charge in [-0.25, -0.2) is 9.37 Å². The maximum Gasteiger partial charge on any atom is 0.264 e. The third-order valence-corrected chi connectivity index (χ3v) is 4.64. The van der Waals surface area contributed by atoms with Crippen molar-refractivity contribution in [1.29, 1.82) is 0 Å². The smallest absolute Gasteiger partial charge is 0.264 e. The largest absolute Gasteiger partial charge is 0.309 e. The fourth-order valence-corrected chi connectivity index (χ4v) is 3.04. The first-order valence-corrected chi connectivity index (χ1v) is 7.87. The third kappa shape index (κ3) is 3.17. The maximum absolute atomic E-state index is 13.1. The Morgan fingerprint density at radius 1 is 1.24 bits per heavy atom. The normalized spacial score (nSPS) is 12.0. The molecule has 0 aliphatic heterocycles. The summed E-state index contributed by atoms with van der Waals surface area (Å²) >= 11 is 2.03. The van der Waals surface area contributed by atoms with Gasteiger partial charge in [0.05, 0.1) is 9.26 Å². The third-order valence-electron chi connectivity index (χ3n) is 3.59. The monoisotopic (exact) mass is 400 g/mol. The van der Waals surface area contributed by atoms with Crippen LogP contribution in [0.25, 0.3) is 0 Å². The zero-order chi connectivity index (χ0) is 15.8. The molecule has 112 valence electrons. The van der Waals surface area contributed by atoms with Crippen molar-refractivity contribution in [1.82, 2.24) is 9.97 Å². The number of aromatic nitrogens is 2. The average Bonchev–Trinajstić information content (AvgIpc) is 2.41. The fraction of sp³-hybridized carbons (Fsp3) is 0.375. The van der Waals surface area contributed by atoms with Crippen molar-refractivity contribution in [3.63, 3.8) is 0 Å². The molecule has 1 aromatic carbocycles. The summed E-state index contributed by atoms with van der Waals surface area (Å²) in [7, 11) is 0. The molecule has 0 aliphatic rings. The van der Waals surface area contributed by atoms with Gasteiger partial charge in [0.2, 0.25) is 0 Å². The van der Waals surface area contributed by atoms with E-state index in [-0.39, 0.29) is 17.3 Å². The van der Waals surface area contributed by atoms with Gasteiger partial charge in [-0.3, -0.25) is 4.79 Å². The van der Waals surface area contributed by atoms with Crippen molar-refractivity contribution in [3.05, 3.63) is 61.1 Å². The van der Waals surface area contributed by atoms with Gasteiger partial charge in [-0.05, 0) is 60.1 Å². The molecule has 0 spiro atoms. The van der Waals surface area contributed by atoms with E-state index in [1.807, 2.05) is 50.3 Å². The molecule has 21 heavy (non-hydrogen) atoms. The second kappa shape index (κ2) is 5.87. The van der Waals surface area contributed by atoms with Crippen LogP contribution in [0.15, 0.2) is 29.1 Å². The van der Waals surface area contributed by atoms with Gasteiger partial charge < -0.3 is 4.98 Å². The minimum absolute atomic E-state index is 0.125. The van der Waals surface area contributed by atoms with E-state index >= 15 is 0 Å². The van der Waals surface area contributed by atoms with Crippen LogP contribution < -0.4 is 5.56 Å². The number of halogens is 2. The Morgan fingerprint density at radius 2 is 1.81 bits per heavy atom. The van der Waals surface area contributed by atoms with Crippen LogP contribution in [0.2, 0.25) is 0 Å². The van der Waals surface area contributed by atoms with Crippen molar-refractivity contribution in [3.8, 4) is 0 Å². The molecule has 5 heteroatoms. The lowest BCUT2D eigenvalue weighted by molar-refractivity contribution is 0.571. The molecular formula is C16H18FIN2O. The van der Waals surface area contributed by atoms with Crippen LogP contribution in [-0.2, 0) is 5.41 Å². The van der Waals surface area contributed by atoms with Crippen LogP contribution in [0, 0.1) is 9.39 Å². The van der Waals surface area contributed by atoms with Crippen LogP contribution in [0.3, 0.4) is 0 Å². The summed E-state index contributed by atoms with van der Waals surface area (Å²) in [5, 5.41) is 0. The Balaban J connectivity index is 2.59. The summed E-state index contributed by atoms with van der Waals surface area (Å²) < 4.78 is 13.7. The van der Waals surface area contributed by atoms with Gasteiger partial charge in [-0.15, -0.1) is 0 Å². The number of rotatable bonds is 3. The molecule has 0 amide bonds. The van der Waals surface area contributed by atoms with Gasteiger partial charge in [0, 0.05) is 5.41 Å². The van der Waals surface area contributed by atoms with E-state index < -0.39 is 5.41 Å². The zero-order valence-electron chi connectivity index (χ0n) is 12.5. The zero-order valence-corrected chi connectivity index (χ0v) is 14.7. The van der Waals surface area contributed by atoms with Gasteiger partial charge >= 0.3 is 0 Å². The van der Waals surface area contributed by atoms with Gasteiger partial charge in [-0.2, -0.15) is 0 Å². The molecule has 0 radical (unpaired) electrons. The van der Waals surface area contributed by atoms with Crippen LogP contribution in [0.1, 0.15) is 50.7 Å². The van der Waals surface area contributed by atoms with E-state index in [4.69, 9.17) is 0 Å². The lowest BCUT2D eigenvalue weighted by Gasteiger charge is -2.25. The second-order valence-corrected chi connectivity index (χ2v) is 6.98. The topological polar surface area (TPSA) is 45.8 Å². The van der Waals surface area contributed by atoms with Crippen molar-refractivity contribution in [2.45, 2.75) is 39.0 Å². The van der Waals surface area contributed by atoms with Crippen LogP contribution >= 0.6 is 22.6 Å². The Morgan fingerprint density at radius 3 is 2.33 bits per heavy atom. The van der Waals surface area contributed by atoms with Gasteiger partial charge in [0.1, 0.15) is 11.6 Å². The molecule has 0 fully saturated rings. The highest BCUT2D eigenvalue weighted by Gasteiger charge is 2.27. The summed E-state index contributed by atoms with van der Waals surface area (Å²) in [5.41, 5.74) is 1.08. The number of hydrogen-bond acceptors (Lipinski definition) is 2. The molecule has 0 aliphatic carbocycles. The summed E-state index contributed by atoms with van der Waals surface area (Å²) in [5.74, 6) is 0.492. The quantitative estimate of drug-likeness (QED) is 0.793. The van der Waals surface area contributed by atoms with E-state index in [1.165, 1.54) is 12.1 Å². The first-order valence-electron chi connectivity index (χ1n) is 6.79. The highest BCUT2D eigenvalue weighted by Crippen LogP contribution is 2.29. The standard InChI is InChI=1S/C16H18FIN2O/c1-9(2)13-12(18)14(21)20-15(19-13)16(3,4)10-5-7-11(17)8-6-10/h5-9H,1-4H3,(H,19,20,21). The molecular weight excluding hydrogens is 382 g/mol. The average molecular weight is 400 g/mol. The predicted octanol–water partition coefficient (Wildman–Crippen LogP) is 3.96. The van der Waals surface area contributed by atoms with E-state index in [0.717, 1.165) is 11.3 Å². The second-order valence-electron chi connectivity index (χ2n) is 5.90. The highest BCUT2D eigenvalue weighted by atomic mass is 127. The summed E-state index contributed by atoms with van der Waals surface area (Å²) in [6, 6.07) is 6.29. The van der Waals surface area contributed by atoms with E-state index in [0.29, 0.717) is 9.39 Å². The van der Waals surface area contributed by atoms with E-state index in [1.54, 1.807) is 12.1 Å². The van der Waals surface area contributed by atoms with Crippen molar-refractivity contribution >= 4 is 22.6 Å².